The van der Waals surface area contributed by atoms with E-state index in [1.807, 2.05) is 37.3 Å². The fourth-order valence-corrected chi connectivity index (χ4v) is 1.71. The van der Waals surface area contributed by atoms with Gasteiger partial charge in [0.1, 0.15) is 5.69 Å². The summed E-state index contributed by atoms with van der Waals surface area (Å²) in [6, 6.07) is 9.33. The van der Waals surface area contributed by atoms with Crippen LogP contribution < -0.4 is 0 Å². The Balaban J connectivity index is 2.56. The molecule has 0 aliphatic rings. The van der Waals surface area contributed by atoms with E-state index in [1.54, 1.807) is 4.68 Å². The molecule has 1 aromatic heterocycles. The molecule has 0 amide bonds. The molecule has 0 radical (unpaired) electrons. The van der Waals surface area contributed by atoms with E-state index in [0.29, 0.717) is 12.2 Å². The van der Waals surface area contributed by atoms with Crippen LogP contribution in [0, 0.1) is 0 Å². The molecule has 2 rings (SSSR count). The third-order valence-electron chi connectivity index (χ3n) is 2.42. The molecule has 1 heterocycles. The van der Waals surface area contributed by atoms with Crippen LogP contribution in [-0.4, -0.2) is 26.1 Å². The Bertz CT molecular complexity index is 520. The Labute approximate surface area is 98.7 Å². The lowest BCUT2D eigenvalue weighted by molar-refractivity contribution is 0.0691. The monoisotopic (exact) mass is 231 g/mol. The number of carbonyl (C=O) groups is 1. The maximum atomic E-state index is 11.1. The maximum Gasteiger partial charge on any atom is 0.358 e. The van der Waals surface area contributed by atoms with Crippen molar-refractivity contribution in [3.8, 4) is 11.3 Å². The summed E-state index contributed by atoms with van der Waals surface area (Å²) in [4.78, 5) is 11.1. The number of aromatic carboxylic acids is 1. The van der Waals surface area contributed by atoms with Crippen LogP contribution in [0.1, 0.15) is 23.8 Å². The van der Waals surface area contributed by atoms with Crippen LogP contribution >= 0.6 is 0 Å². The topological polar surface area (TPSA) is 68.0 Å². The molecule has 0 bridgehead atoms. The quantitative estimate of drug-likeness (QED) is 0.874. The summed E-state index contributed by atoms with van der Waals surface area (Å²) in [6.45, 7) is 2.67. The van der Waals surface area contributed by atoms with Crippen molar-refractivity contribution in [2.75, 3.05) is 0 Å². The minimum atomic E-state index is -1.05. The standard InChI is InChI=1S/C12H13N3O2/c1-2-8-15-11(9-6-4-3-5-7-9)10(12(16)17)13-14-15/h3-7H,2,8H2,1H3,(H,16,17). The predicted octanol–water partition coefficient (Wildman–Crippen LogP) is 2.05. The summed E-state index contributed by atoms with van der Waals surface area (Å²) in [5, 5.41) is 16.7. The van der Waals surface area contributed by atoms with E-state index in [0.717, 1.165) is 12.0 Å². The summed E-state index contributed by atoms with van der Waals surface area (Å²) in [7, 11) is 0. The summed E-state index contributed by atoms with van der Waals surface area (Å²) in [6.07, 6.45) is 0.877. The highest BCUT2D eigenvalue weighted by Crippen LogP contribution is 2.22. The number of nitrogens with zero attached hydrogens (tertiary/aromatic N) is 3. The molecule has 1 N–H and O–H groups in total. The van der Waals surface area contributed by atoms with Gasteiger partial charge in [0.25, 0.3) is 0 Å². The van der Waals surface area contributed by atoms with Crippen molar-refractivity contribution in [3.63, 3.8) is 0 Å². The van der Waals surface area contributed by atoms with Gasteiger partial charge >= 0.3 is 5.97 Å². The lowest BCUT2D eigenvalue weighted by Gasteiger charge is -2.05. The van der Waals surface area contributed by atoms with Crippen molar-refractivity contribution in [2.24, 2.45) is 0 Å². The van der Waals surface area contributed by atoms with Crippen molar-refractivity contribution >= 4 is 5.97 Å². The van der Waals surface area contributed by atoms with Crippen LogP contribution in [0.15, 0.2) is 30.3 Å². The second kappa shape index (κ2) is 4.78. The number of rotatable bonds is 4. The summed E-state index contributed by atoms with van der Waals surface area (Å²) in [5.74, 6) is -1.05. The number of benzene rings is 1. The molecular formula is C12H13N3O2. The molecule has 17 heavy (non-hydrogen) atoms. The molecule has 0 saturated heterocycles. The normalized spacial score (nSPS) is 10.4. The third-order valence-corrected chi connectivity index (χ3v) is 2.42. The Morgan fingerprint density at radius 3 is 2.65 bits per heavy atom. The largest absolute Gasteiger partial charge is 0.476 e. The van der Waals surface area contributed by atoms with Crippen LogP contribution in [0.3, 0.4) is 0 Å². The Morgan fingerprint density at radius 1 is 1.35 bits per heavy atom. The van der Waals surface area contributed by atoms with E-state index < -0.39 is 5.97 Å². The summed E-state index contributed by atoms with van der Waals surface area (Å²) >= 11 is 0. The molecule has 0 aliphatic carbocycles. The second-order valence-corrected chi connectivity index (χ2v) is 3.68. The van der Waals surface area contributed by atoms with Crippen LogP contribution in [0.4, 0.5) is 0 Å². The van der Waals surface area contributed by atoms with E-state index in [-0.39, 0.29) is 5.69 Å². The molecular weight excluding hydrogens is 218 g/mol. The molecule has 1 aromatic carbocycles. The van der Waals surface area contributed by atoms with Crippen LogP contribution in [0.2, 0.25) is 0 Å². The molecule has 5 heteroatoms. The third kappa shape index (κ3) is 2.18. The van der Waals surface area contributed by atoms with Gasteiger partial charge in [-0.1, -0.05) is 42.5 Å². The van der Waals surface area contributed by atoms with Crippen molar-refractivity contribution in [3.05, 3.63) is 36.0 Å². The van der Waals surface area contributed by atoms with Crippen molar-refractivity contribution in [2.45, 2.75) is 19.9 Å². The first kappa shape index (κ1) is 11.3. The highest BCUT2D eigenvalue weighted by Gasteiger charge is 2.19. The van der Waals surface area contributed by atoms with Crippen molar-refractivity contribution in [1.29, 1.82) is 0 Å². The van der Waals surface area contributed by atoms with Crippen molar-refractivity contribution in [1.82, 2.24) is 15.0 Å². The highest BCUT2D eigenvalue weighted by atomic mass is 16.4. The van der Waals surface area contributed by atoms with E-state index >= 15 is 0 Å². The van der Waals surface area contributed by atoms with E-state index in [1.165, 1.54) is 0 Å². The smallest absolute Gasteiger partial charge is 0.358 e. The molecule has 2 aromatic rings. The maximum absolute atomic E-state index is 11.1. The zero-order valence-corrected chi connectivity index (χ0v) is 9.50. The number of aryl methyl sites for hydroxylation is 1. The zero-order valence-electron chi connectivity index (χ0n) is 9.50. The van der Waals surface area contributed by atoms with E-state index in [4.69, 9.17) is 5.11 Å². The van der Waals surface area contributed by atoms with Gasteiger partial charge in [-0.3, -0.25) is 0 Å². The predicted molar refractivity (Wildman–Crippen MR) is 62.7 cm³/mol. The van der Waals surface area contributed by atoms with Crippen LogP contribution in [0.5, 0.6) is 0 Å². The first-order chi connectivity index (χ1) is 8.24. The lowest BCUT2D eigenvalue weighted by atomic mass is 10.1. The van der Waals surface area contributed by atoms with E-state index in [2.05, 4.69) is 10.3 Å². The average Bonchev–Trinajstić information content (AvgIpc) is 2.74. The first-order valence-electron chi connectivity index (χ1n) is 5.46. The van der Waals surface area contributed by atoms with E-state index in [9.17, 15) is 4.79 Å². The Hall–Kier alpha value is -2.17. The Kier molecular flexibility index (Phi) is 3.18. The minimum absolute atomic E-state index is 0.00431. The van der Waals surface area contributed by atoms with Gasteiger partial charge in [-0.2, -0.15) is 0 Å². The molecule has 88 valence electrons. The lowest BCUT2D eigenvalue weighted by Crippen LogP contribution is -2.04. The molecule has 0 saturated carbocycles. The van der Waals surface area contributed by atoms with Gasteiger partial charge in [0.15, 0.2) is 5.69 Å². The highest BCUT2D eigenvalue weighted by molar-refractivity contribution is 5.92. The van der Waals surface area contributed by atoms with Gasteiger partial charge in [0.05, 0.1) is 0 Å². The fraction of sp³-hybridized carbons (Fsp3) is 0.250. The number of hydrogen-bond donors (Lipinski definition) is 1. The summed E-state index contributed by atoms with van der Waals surface area (Å²) in [5.41, 5.74) is 1.40. The van der Waals surface area contributed by atoms with Gasteiger partial charge in [0.2, 0.25) is 0 Å². The molecule has 0 aliphatic heterocycles. The molecule has 5 nitrogen and oxygen atoms in total. The van der Waals surface area contributed by atoms with Crippen LogP contribution in [0.25, 0.3) is 11.3 Å². The number of hydrogen-bond acceptors (Lipinski definition) is 3. The zero-order chi connectivity index (χ0) is 12.3. The summed E-state index contributed by atoms with van der Waals surface area (Å²) < 4.78 is 1.64. The number of carboxylic acids is 1. The Morgan fingerprint density at radius 2 is 2.06 bits per heavy atom. The van der Waals surface area contributed by atoms with Crippen LogP contribution in [-0.2, 0) is 6.54 Å². The number of carboxylic acid groups (broad SMARTS) is 1. The minimum Gasteiger partial charge on any atom is -0.476 e. The SMILES string of the molecule is CCCn1nnc(C(=O)O)c1-c1ccccc1. The first-order valence-corrected chi connectivity index (χ1v) is 5.46. The van der Waals surface area contributed by atoms with Gasteiger partial charge in [0, 0.05) is 12.1 Å². The molecule has 0 atom stereocenters. The van der Waals surface area contributed by atoms with Crippen molar-refractivity contribution < 1.29 is 9.90 Å². The van der Waals surface area contributed by atoms with Gasteiger partial charge in [-0.15, -0.1) is 5.10 Å². The average molecular weight is 231 g/mol. The molecule has 0 fully saturated rings. The second-order valence-electron chi connectivity index (χ2n) is 3.68. The van der Waals surface area contributed by atoms with Gasteiger partial charge in [-0.25, -0.2) is 9.48 Å². The van der Waals surface area contributed by atoms with Gasteiger partial charge in [-0.05, 0) is 6.42 Å². The fourth-order valence-electron chi connectivity index (χ4n) is 1.71. The molecule has 0 unspecified atom stereocenters. The number of aromatic nitrogens is 3. The van der Waals surface area contributed by atoms with Gasteiger partial charge < -0.3 is 5.11 Å². The molecule has 0 spiro atoms.